The van der Waals surface area contributed by atoms with Gasteiger partial charge in [0.15, 0.2) is 5.60 Å². The number of hydrogen-bond donors (Lipinski definition) is 0. The van der Waals surface area contributed by atoms with Gasteiger partial charge in [-0.25, -0.2) is 4.79 Å². The standard InChI is InChI=1S/C8H14O3/c1-4-6-8(3,11-6)7(9)10-5-2/h6H,4-5H2,1-3H3. The number of carbonyl (C=O) groups excluding carboxylic acids is 1. The van der Waals surface area contributed by atoms with Gasteiger partial charge in [0.1, 0.15) is 0 Å². The van der Waals surface area contributed by atoms with Gasteiger partial charge in [0.05, 0.1) is 12.7 Å². The van der Waals surface area contributed by atoms with Crippen molar-refractivity contribution in [2.75, 3.05) is 6.61 Å². The summed E-state index contributed by atoms with van der Waals surface area (Å²) >= 11 is 0. The van der Waals surface area contributed by atoms with E-state index in [1.165, 1.54) is 0 Å². The average molecular weight is 158 g/mol. The maximum absolute atomic E-state index is 11.1. The van der Waals surface area contributed by atoms with Gasteiger partial charge in [-0.05, 0) is 20.3 Å². The molecule has 1 rings (SSSR count). The molecule has 1 aliphatic rings. The second-order valence-electron chi connectivity index (χ2n) is 2.84. The Morgan fingerprint density at radius 2 is 2.27 bits per heavy atom. The van der Waals surface area contributed by atoms with Crippen molar-refractivity contribution in [2.45, 2.75) is 38.9 Å². The van der Waals surface area contributed by atoms with Crippen molar-refractivity contribution in [3.8, 4) is 0 Å². The first kappa shape index (κ1) is 8.53. The maximum Gasteiger partial charge on any atom is 0.340 e. The summed E-state index contributed by atoms with van der Waals surface area (Å²) in [6.45, 7) is 5.99. The fourth-order valence-corrected chi connectivity index (χ4v) is 1.19. The summed E-state index contributed by atoms with van der Waals surface area (Å²) in [6, 6.07) is 0. The molecule has 3 heteroatoms. The fourth-order valence-electron chi connectivity index (χ4n) is 1.19. The van der Waals surface area contributed by atoms with Crippen LogP contribution in [0, 0.1) is 0 Å². The summed E-state index contributed by atoms with van der Waals surface area (Å²) in [5.41, 5.74) is -0.634. The lowest BCUT2D eigenvalue weighted by molar-refractivity contribution is -0.148. The van der Waals surface area contributed by atoms with Crippen LogP contribution in [0.1, 0.15) is 27.2 Å². The molecule has 0 saturated carbocycles. The Kier molecular flexibility index (Phi) is 2.18. The Bertz CT molecular complexity index is 167. The molecule has 1 fully saturated rings. The quantitative estimate of drug-likeness (QED) is 0.456. The van der Waals surface area contributed by atoms with Crippen molar-refractivity contribution in [2.24, 2.45) is 0 Å². The molecule has 1 heterocycles. The van der Waals surface area contributed by atoms with Crippen LogP contribution in [0.2, 0.25) is 0 Å². The summed E-state index contributed by atoms with van der Waals surface area (Å²) in [5.74, 6) is -0.230. The van der Waals surface area contributed by atoms with Crippen LogP contribution in [0.5, 0.6) is 0 Å². The molecule has 0 aliphatic carbocycles. The van der Waals surface area contributed by atoms with Crippen LogP contribution in [-0.4, -0.2) is 24.3 Å². The molecule has 64 valence electrons. The van der Waals surface area contributed by atoms with Crippen molar-refractivity contribution >= 4 is 5.97 Å². The number of hydrogen-bond acceptors (Lipinski definition) is 3. The number of epoxide rings is 1. The second kappa shape index (κ2) is 2.81. The third kappa shape index (κ3) is 1.38. The van der Waals surface area contributed by atoms with Crippen LogP contribution in [0.25, 0.3) is 0 Å². The molecular formula is C8H14O3. The molecule has 3 nitrogen and oxygen atoms in total. The molecule has 11 heavy (non-hydrogen) atoms. The van der Waals surface area contributed by atoms with Crippen molar-refractivity contribution in [3.63, 3.8) is 0 Å². The number of carbonyl (C=O) groups is 1. The molecule has 0 amide bonds. The molecule has 0 bridgehead atoms. The molecule has 0 radical (unpaired) electrons. The van der Waals surface area contributed by atoms with Crippen LogP contribution in [0.4, 0.5) is 0 Å². The SMILES string of the molecule is CCOC(=O)C1(C)OC1CC. The van der Waals surface area contributed by atoms with E-state index in [2.05, 4.69) is 0 Å². The fraction of sp³-hybridized carbons (Fsp3) is 0.875. The Morgan fingerprint density at radius 3 is 2.64 bits per heavy atom. The third-order valence-corrected chi connectivity index (χ3v) is 2.00. The predicted molar refractivity (Wildman–Crippen MR) is 40.2 cm³/mol. The molecule has 1 aliphatic heterocycles. The highest BCUT2D eigenvalue weighted by Gasteiger charge is 2.58. The molecule has 0 aromatic heterocycles. The Morgan fingerprint density at radius 1 is 1.64 bits per heavy atom. The van der Waals surface area contributed by atoms with Gasteiger partial charge in [0, 0.05) is 0 Å². The Hall–Kier alpha value is -0.570. The number of esters is 1. The smallest absolute Gasteiger partial charge is 0.340 e. The van der Waals surface area contributed by atoms with Gasteiger partial charge in [-0.1, -0.05) is 6.92 Å². The predicted octanol–water partition coefficient (Wildman–Crippen LogP) is 1.12. The first-order chi connectivity index (χ1) is 5.15. The molecular weight excluding hydrogens is 144 g/mol. The van der Waals surface area contributed by atoms with Crippen molar-refractivity contribution < 1.29 is 14.3 Å². The minimum absolute atomic E-state index is 0.0709. The zero-order valence-corrected chi connectivity index (χ0v) is 7.22. The van der Waals surface area contributed by atoms with Crippen LogP contribution in [0.3, 0.4) is 0 Å². The van der Waals surface area contributed by atoms with E-state index < -0.39 is 5.60 Å². The van der Waals surface area contributed by atoms with Crippen LogP contribution in [-0.2, 0) is 14.3 Å². The van der Waals surface area contributed by atoms with Crippen LogP contribution in [0.15, 0.2) is 0 Å². The Balaban J connectivity index is 2.42. The second-order valence-corrected chi connectivity index (χ2v) is 2.84. The van der Waals surface area contributed by atoms with E-state index in [0.717, 1.165) is 6.42 Å². The van der Waals surface area contributed by atoms with E-state index in [4.69, 9.17) is 9.47 Å². The Labute approximate surface area is 66.7 Å². The summed E-state index contributed by atoms with van der Waals surface area (Å²) in [5, 5.41) is 0. The maximum atomic E-state index is 11.1. The summed E-state index contributed by atoms with van der Waals surface area (Å²) < 4.78 is 10.0. The van der Waals surface area contributed by atoms with E-state index in [0.29, 0.717) is 6.61 Å². The number of ether oxygens (including phenoxy) is 2. The summed E-state index contributed by atoms with van der Waals surface area (Å²) in [4.78, 5) is 11.1. The molecule has 2 atom stereocenters. The van der Waals surface area contributed by atoms with Gasteiger partial charge in [-0.3, -0.25) is 0 Å². The first-order valence-corrected chi connectivity index (χ1v) is 4.00. The summed E-state index contributed by atoms with van der Waals surface area (Å²) in [6.07, 6.45) is 0.941. The normalized spacial score (nSPS) is 35.0. The van der Waals surface area contributed by atoms with Gasteiger partial charge in [0.2, 0.25) is 0 Å². The third-order valence-electron chi connectivity index (χ3n) is 2.00. The van der Waals surface area contributed by atoms with Crippen molar-refractivity contribution in [1.29, 1.82) is 0 Å². The topological polar surface area (TPSA) is 38.8 Å². The monoisotopic (exact) mass is 158 g/mol. The van der Waals surface area contributed by atoms with Gasteiger partial charge >= 0.3 is 5.97 Å². The number of rotatable bonds is 3. The molecule has 0 aromatic carbocycles. The van der Waals surface area contributed by atoms with Crippen LogP contribution < -0.4 is 0 Å². The zero-order chi connectivity index (χ0) is 8.48. The highest BCUT2D eigenvalue weighted by molar-refractivity contribution is 5.82. The van der Waals surface area contributed by atoms with Gasteiger partial charge in [0.25, 0.3) is 0 Å². The van der Waals surface area contributed by atoms with E-state index in [1.54, 1.807) is 13.8 Å². The van der Waals surface area contributed by atoms with Gasteiger partial charge in [-0.15, -0.1) is 0 Å². The summed E-state index contributed by atoms with van der Waals surface area (Å²) in [7, 11) is 0. The molecule has 0 aromatic rings. The molecule has 1 saturated heterocycles. The van der Waals surface area contributed by atoms with E-state index >= 15 is 0 Å². The highest BCUT2D eigenvalue weighted by atomic mass is 16.7. The average Bonchev–Trinajstić information content (AvgIpc) is 2.64. The first-order valence-electron chi connectivity index (χ1n) is 4.00. The van der Waals surface area contributed by atoms with Gasteiger partial charge in [-0.2, -0.15) is 0 Å². The largest absolute Gasteiger partial charge is 0.464 e. The minimum Gasteiger partial charge on any atom is -0.464 e. The van der Waals surface area contributed by atoms with Crippen molar-refractivity contribution in [3.05, 3.63) is 0 Å². The van der Waals surface area contributed by atoms with E-state index in [-0.39, 0.29) is 12.1 Å². The van der Waals surface area contributed by atoms with Gasteiger partial charge < -0.3 is 9.47 Å². The van der Waals surface area contributed by atoms with E-state index in [9.17, 15) is 4.79 Å². The lowest BCUT2D eigenvalue weighted by Gasteiger charge is -2.04. The zero-order valence-electron chi connectivity index (χ0n) is 7.22. The van der Waals surface area contributed by atoms with E-state index in [1.807, 2.05) is 6.92 Å². The molecule has 0 spiro atoms. The minimum atomic E-state index is -0.634. The van der Waals surface area contributed by atoms with Crippen LogP contribution >= 0.6 is 0 Å². The highest BCUT2D eigenvalue weighted by Crippen LogP contribution is 2.39. The lowest BCUT2D eigenvalue weighted by Crippen LogP contribution is -2.25. The molecule has 2 unspecified atom stereocenters. The lowest BCUT2D eigenvalue weighted by atomic mass is 10.1. The van der Waals surface area contributed by atoms with Crippen molar-refractivity contribution in [1.82, 2.24) is 0 Å². The molecule has 0 N–H and O–H groups in total.